The van der Waals surface area contributed by atoms with Gasteiger partial charge < -0.3 is 0 Å². The van der Waals surface area contributed by atoms with Crippen LogP contribution in [-0.2, 0) is 0 Å². The Kier molecular flexibility index (Phi) is 4.35. The van der Waals surface area contributed by atoms with E-state index >= 15 is 0 Å². The Bertz CT molecular complexity index is 716. The second kappa shape index (κ2) is 6.38. The van der Waals surface area contributed by atoms with Crippen molar-refractivity contribution in [3.8, 4) is 0 Å². The molecule has 0 atom stereocenters. The Balaban J connectivity index is 2.13. The van der Waals surface area contributed by atoms with Gasteiger partial charge in [-0.05, 0) is 12.1 Å². The summed E-state index contributed by atoms with van der Waals surface area (Å²) in [4.78, 5) is 22.0. The predicted octanol–water partition coefficient (Wildman–Crippen LogP) is 2.50. The Morgan fingerprint density at radius 1 is 1.19 bits per heavy atom. The maximum absolute atomic E-state index is 13.3. The SMILES string of the molecule is O=C(NN=Cc1ccccc1F)c1ccccc1[N+](=O)[O-]. The number of benzene rings is 2. The molecule has 2 aromatic carbocycles. The number of hydrazone groups is 1. The fourth-order valence-electron chi connectivity index (χ4n) is 1.63. The van der Waals surface area contributed by atoms with Gasteiger partial charge in [0, 0.05) is 11.6 Å². The largest absolute Gasteiger partial charge is 0.282 e. The highest BCUT2D eigenvalue weighted by molar-refractivity contribution is 5.98. The highest BCUT2D eigenvalue weighted by Gasteiger charge is 2.18. The number of hydrogen-bond donors (Lipinski definition) is 1. The molecule has 0 bridgehead atoms. The van der Waals surface area contributed by atoms with E-state index in [2.05, 4.69) is 10.5 Å². The summed E-state index contributed by atoms with van der Waals surface area (Å²) in [6, 6.07) is 11.4. The van der Waals surface area contributed by atoms with Gasteiger partial charge in [0.2, 0.25) is 0 Å². The summed E-state index contributed by atoms with van der Waals surface area (Å²) in [7, 11) is 0. The van der Waals surface area contributed by atoms with Gasteiger partial charge in [0.05, 0.1) is 11.1 Å². The molecule has 0 saturated carbocycles. The van der Waals surface area contributed by atoms with Crippen molar-refractivity contribution in [2.75, 3.05) is 0 Å². The maximum atomic E-state index is 13.3. The van der Waals surface area contributed by atoms with Crippen LogP contribution in [0.25, 0.3) is 0 Å². The number of nitro benzene ring substituents is 1. The first-order valence-corrected chi connectivity index (χ1v) is 5.91. The van der Waals surface area contributed by atoms with Crippen LogP contribution in [0.1, 0.15) is 15.9 Å². The molecule has 0 radical (unpaired) electrons. The van der Waals surface area contributed by atoms with Gasteiger partial charge in [0.15, 0.2) is 0 Å². The molecule has 0 fully saturated rings. The van der Waals surface area contributed by atoms with Crippen molar-refractivity contribution in [2.45, 2.75) is 0 Å². The van der Waals surface area contributed by atoms with Crippen LogP contribution in [0.4, 0.5) is 10.1 Å². The van der Waals surface area contributed by atoms with Gasteiger partial charge in [0.1, 0.15) is 11.4 Å². The first kappa shape index (κ1) is 14.3. The molecule has 0 spiro atoms. The molecule has 0 aliphatic carbocycles. The Labute approximate surface area is 119 Å². The fraction of sp³-hybridized carbons (Fsp3) is 0. The zero-order valence-electron chi connectivity index (χ0n) is 10.7. The molecule has 1 N–H and O–H groups in total. The highest BCUT2D eigenvalue weighted by Crippen LogP contribution is 2.17. The lowest BCUT2D eigenvalue weighted by Crippen LogP contribution is -2.19. The van der Waals surface area contributed by atoms with Crippen molar-refractivity contribution in [3.63, 3.8) is 0 Å². The van der Waals surface area contributed by atoms with E-state index < -0.39 is 16.6 Å². The van der Waals surface area contributed by atoms with Crippen LogP contribution < -0.4 is 5.43 Å². The lowest BCUT2D eigenvalue weighted by molar-refractivity contribution is -0.385. The number of halogens is 1. The Morgan fingerprint density at radius 3 is 2.57 bits per heavy atom. The van der Waals surface area contributed by atoms with Gasteiger partial charge in [-0.25, -0.2) is 9.82 Å². The minimum absolute atomic E-state index is 0.117. The number of carbonyl (C=O) groups excluding carboxylic acids is 1. The van der Waals surface area contributed by atoms with Crippen LogP contribution in [-0.4, -0.2) is 17.0 Å². The normalized spacial score (nSPS) is 10.5. The van der Waals surface area contributed by atoms with E-state index in [9.17, 15) is 19.3 Å². The summed E-state index contributed by atoms with van der Waals surface area (Å²) >= 11 is 0. The first-order chi connectivity index (χ1) is 10.1. The minimum Gasteiger partial charge on any atom is -0.267 e. The maximum Gasteiger partial charge on any atom is 0.282 e. The first-order valence-electron chi connectivity index (χ1n) is 5.91. The molecule has 21 heavy (non-hydrogen) atoms. The third kappa shape index (κ3) is 3.47. The summed E-state index contributed by atoms with van der Waals surface area (Å²) in [5, 5.41) is 14.4. The molecule has 0 aliphatic heterocycles. The third-order valence-electron chi connectivity index (χ3n) is 2.62. The number of amides is 1. The monoisotopic (exact) mass is 287 g/mol. The summed E-state index contributed by atoms with van der Waals surface area (Å²) in [6.07, 6.45) is 1.13. The van der Waals surface area contributed by atoms with Crippen LogP contribution in [0.15, 0.2) is 53.6 Å². The fourth-order valence-corrected chi connectivity index (χ4v) is 1.63. The topological polar surface area (TPSA) is 84.6 Å². The van der Waals surface area contributed by atoms with Crippen LogP contribution >= 0.6 is 0 Å². The van der Waals surface area contributed by atoms with E-state index in [-0.39, 0.29) is 16.8 Å². The van der Waals surface area contributed by atoms with E-state index in [1.165, 1.54) is 42.5 Å². The number of nitrogens with zero attached hydrogens (tertiary/aromatic N) is 2. The number of para-hydroxylation sites is 1. The quantitative estimate of drug-likeness (QED) is 0.532. The number of hydrogen-bond acceptors (Lipinski definition) is 4. The van der Waals surface area contributed by atoms with Crippen molar-refractivity contribution >= 4 is 17.8 Å². The second-order valence-electron chi connectivity index (χ2n) is 3.99. The van der Waals surface area contributed by atoms with Crippen molar-refractivity contribution in [1.82, 2.24) is 5.43 Å². The van der Waals surface area contributed by atoms with E-state index in [1.54, 1.807) is 6.07 Å². The molecule has 0 heterocycles. The van der Waals surface area contributed by atoms with E-state index in [0.29, 0.717) is 0 Å². The lowest BCUT2D eigenvalue weighted by atomic mass is 10.2. The van der Waals surface area contributed by atoms with E-state index in [4.69, 9.17) is 0 Å². The Hall–Kier alpha value is -3.09. The molecule has 1 amide bonds. The van der Waals surface area contributed by atoms with E-state index in [1.807, 2.05) is 0 Å². The molecule has 0 aliphatic rings. The van der Waals surface area contributed by atoms with Crippen molar-refractivity contribution in [1.29, 1.82) is 0 Å². The van der Waals surface area contributed by atoms with Crippen LogP contribution in [0.3, 0.4) is 0 Å². The summed E-state index contributed by atoms with van der Waals surface area (Å²) in [5.41, 5.74) is 1.88. The number of carbonyl (C=O) groups is 1. The molecule has 0 aromatic heterocycles. The van der Waals surface area contributed by atoms with Gasteiger partial charge in [-0.15, -0.1) is 0 Å². The predicted molar refractivity (Wildman–Crippen MR) is 74.6 cm³/mol. The van der Waals surface area contributed by atoms with Gasteiger partial charge in [-0.3, -0.25) is 14.9 Å². The van der Waals surface area contributed by atoms with Crippen LogP contribution in [0, 0.1) is 15.9 Å². The molecular weight excluding hydrogens is 277 g/mol. The van der Waals surface area contributed by atoms with Gasteiger partial charge in [0.25, 0.3) is 11.6 Å². The standard InChI is InChI=1S/C14H10FN3O3/c15-12-7-3-1-5-10(12)9-16-17-14(19)11-6-2-4-8-13(11)18(20)21/h1-9H,(H,17,19). The van der Waals surface area contributed by atoms with E-state index in [0.717, 1.165) is 6.21 Å². The van der Waals surface area contributed by atoms with Gasteiger partial charge in [-0.2, -0.15) is 5.10 Å². The average Bonchev–Trinajstić information content (AvgIpc) is 2.49. The summed E-state index contributed by atoms with van der Waals surface area (Å²) in [6.45, 7) is 0. The molecule has 0 saturated heterocycles. The third-order valence-corrected chi connectivity index (χ3v) is 2.62. The molecule has 6 nitrogen and oxygen atoms in total. The van der Waals surface area contributed by atoms with Gasteiger partial charge in [-0.1, -0.05) is 30.3 Å². The molecule has 7 heteroatoms. The molecule has 2 aromatic rings. The van der Waals surface area contributed by atoms with Crippen LogP contribution in [0.5, 0.6) is 0 Å². The Morgan fingerprint density at radius 2 is 1.86 bits per heavy atom. The zero-order valence-corrected chi connectivity index (χ0v) is 10.7. The second-order valence-corrected chi connectivity index (χ2v) is 3.99. The molecular formula is C14H10FN3O3. The lowest BCUT2D eigenvalue weighted by Gasteiger charge is -2.01. The highest BCUT2D eigenvalue weighted by atomic mass is 19.1. The molecule has 106 valence electrons. The average molecular weight is 287 g/mol. The summed E-state index contributed by atoms with van der Waals surface area (Å²) in [5.74, 6) is -1.23. The molecule has 2 rings (SSSR count). The number of rotatable bonds is 4. The smallest absolute Gasteiger partial charge is 0.267 e. The zero-order chi connectivity index (χ0) is 15.2. The van der Waals surface area contributed by atoms with Gasteiger partial charge >= 0.3 is 0 Å². The number of nitrogens with one attached hydrogen (secondary N) is 1. The summed E-state index contributed by atoms with van der Waals surface area (Å²) < 4.78 is 13.3. The number of nitro groups is 1. The van der Waals surface area contributed by atoms with Crippen molar-refractivity contribution in [3.05, 3.63) is 75.6 Å². The van der Waals surface area contributed by atoms with Crippen LogP contribution in [0.2, 0.25) is 0 Å². The van der Waals surface area contributed by atoms with Crippen molar-refractivity contribution in [2.24, 2.45) is 5.10 Å². The minimum atomic E-state index is -0.741. The van der Waals surface area contributed by atoms with Crippen molar-refractivity contribution < 1.29 is 14.1 Å². The molecule has 0 unspecified atom stereocenters.